The number of amides is 1. The van der Waals surface area contributed by atoms with E-state index in [1.165, 1.54) is 6.42 Å². The minimum Gasteiger partial charge on any atom is -0.326 e. The molecule has 2 aliphatic rings. The standard InChI is InChI=1S/C13H16N2O/c16-13(15-9-4-2-1-3-5-9)11-8-10-6-7-12(11)14-10/h1-5,10-12,14H,6-8H2,(H,15,16). The Morgan fingerprint density at radius 3 is 2.69 bits per heavy atom. The highest BCUT2D eigenvalue weighted by atomic mass is 16.2. The third-order valence-electron chi connectivity index (χ3n) is 3.68. The lowest BCUT2D eigenvalue weighted by molar-refractivity contribution is -0.120. The zero-order valence-electron chi connectivity index (χ0n) is 9.15. The zero-order chi connectivity index (χ0) is 11.0. The lowest BCUT2D eigenvalue weighted by atomic mass is 9.88. The summed E-state index contributed by atoms with van der Waals surface area (Å²) in [5, 5.41) is 6.47. The molecule has 3 heteroatoms. The minimum atomic E-state index is 0.166. The van der Waals surface area contributed by atoms with E-state index in [0.717, 1.165) is 18.5 Å². The molecule has 0 spiro atoms. The molecule has 1 aromatic rings. The Morgan fingerprint density at radius 1 is 1.25 bits per heavy atom. The van der Waals surface area contributed by atoms with Crippen LogP contribution < -0.4 is 10.6 Å². The molecule has 3 rings (SSSR count). The van der Waals surface area contributed by atoms with E-state index < -0.39 is 0 Å². The normalized spacial score (nSPS) is 31.6. The highest BCUT2D eigenvalue weighted by Gasteiger charge is 2.42. The molecule has 2 aliphatic heterocycles. The van der Waals surface area contributed by atoms with Crippen molar-refractivity contribution in [3.8, 4) is 0 Å². The van der Waals surface area contributed by atoms with Gasteiger partial charge < -0.3 is 10.6 Å². The highest BCUT2D eigenvalue weighted by molar-refractivity contribution is 5.93. The molecule has 2 fully saturated rings. The van der Waals surface area contributed by atoms with Gasteiger partial charge in [0.1, 0.15) is 0 Å². The maximum absolute atomic E-state index is 12.1. The Bertz CT molecular complexity index is 390. The van der Waals surface area contributed by atoms with E-state index in [9.17, 15) is 4.79 Å². The Morgan fingerprint density at radius 2 is 2.06 bits per heavy atom. The molecule has 2 saturated heterocycles. The fourth-order valence-corrected chi connectivity index (χ4v) is 2.87. The Labute approximate surface area is 95.2 Å². The summed E-state index contributed by atoms with van der Waals surface area (Å²) >= 11 is 0. The van der Waals surface area contributed by atoms with Crippen molar-refractivity contribution in [3.05, 3.63) is 30.3 Å². The lowest BCUT2D eigenvalue weighted by Crippen LogP contribution is -2.32. The van der Waals surface area contributed by atoms with Crippen LogP contribution in [0.15, 0.2) is 30.3 Å². The second-order valence-corrected chi connectivity index (χ2v) is 4.74. The van der Waals surface area contributed by atoms with Crippen LogP contribution in [0.3, 0.4) is 0 Å². The van der Waals surface area contributed by atoms with Crippen LogP contribution in [0.1, 0.15) is 19.3 Å². The maximum Gasteiger partial charge on any atom is 0.229 e. The third-order valence-corrected chi connectivity index (χ3v) is 3.68. The van der Waals surface area contributed by atoms with Gasteiger partial charge in [-0.2, -0.15) is 0 Å². The summed E-state index contributed by atoms with van der Waals surface area (Å²) in [4.78, 5) is 12.1. The number of anilines is 1. The first-order valence-corrected chi connectivity index (χ1v) is 5.95. The Balaban J connectivity index is 1.66. The van der Waals surface area contributed by atoms with E-state index >= 15 is 0 Å². The average Bonchev–Trinajstić information content (AvgIpc) is 2.92. The fraction of sp³-hybridized carbons (Fsp3) is 0.462. The van der Waals surface area contributed by atoms with Gasteiger partial charge in [-0.3, -0.25) is 4.79 Å². The summed E-state index contributed by atoms with van der Waals surface area (Å²) < 4.78 is 0. The summed E-state index contributed by atoms with van der Waals surface area (Å²) in [5.41, 5.74) is 0.898. The van der Waals surface area contributed by atoms with Gasteiger partial charge in [-0.1, -0.05) is 18.2 Å². The van der Waals surface area contributed by atoms with Crippen molar-refractivity contribution in [1.82, 2.24) is 5.32 Å². The summed E-state index contributed by atoms with van der Waals surface area (Å²) in [5.74, 6) is 0.338. The zero-order valence-corrected chi connectivity index (χ0v) is 9.15. The molecular formula is C13H16N2O. The van der Waals surface area contributed by atoms with Gasteiger partial charge in [0.25, 0.3) is 0 Å². The first-order chi connectivity index (χ1) is 7.83. The van der Waals surface area contributed by atoms with E-state index in [1.807, 2.05) is 30.3 Å². The number of hydrogen-bond acceptors (Lipinski definition) is 2. The predicted octanol–water partition coefficient (Wildman–Crippen LogP) is 1.77. The largest absolute Gasteiger partial charge is 0.326 e. The molecule has 2 N–H and O–H groups in total. The number of fused-ring (bicyclic) bond motifs is 2. The number of nitrogens with one attached hydrogen (secondary N) is 2. The number of carbonyl (C=O) groups excluding carboxylic acids is 1. The van der Waals surface area contributed by atoms with Crippen molar-refractivity contribution in [2.45, 2.75) is 31.3 Å². The Kier molecular flexibility index (Phi) is 2.40. The monoisotopic (exact) mass is 216 g/mol. The van der Waals surface area contributed by atoms with Crippen molar-refractivity contribution in [1.29, 1.82) is 0 Å². The van der Waals surface area contributed by atoms with Crippen LogP contribution in [0.2, 0.25) is 0 Å². The third kappa shape index (κ3) is 1.71. The molecule has 3 nitrogen and oxygen atoms in total. The van der Waals surface area contributed by atoms with E-state index in [4.69, 9.17) is 0 Å². The first-order valence-electron chi connectivity index (χ1n) is 5.95. The molecule has 16 heavy (non-hydrogen) atoms. The van der Waals surface area contributed by atoms with Gasteiger partial charge in [0.15, 0.2) is 0 Å². The number of hydrogen-bond donors (Lipinski definition) is 2. The Hall–Kier alpha value is -1.35. The summed E-state index contributed by atoms with van der Waals surface area (Å²) in [6.07, 6.45) is 3.39. The van der Waals surface area contributed by atoms with Crippen LogP contribution in [-0.4, -0.2) is 18.0 Å². The molecule has 3 unspecified atom stereocenters. The van der Waals surface area contributed by atoms with Crippen LogP contribution in [0.5, 0.6) is 0 Å². The summed E-state index contributed by atoms with van der Waals surface area (Å²) in [7, 11) is 0. The lowest BCUT2D eigenvalue weighted by Gasteiger charge is -2.19. The fourth-order valence-electron chi connectivity index (χ4n) is 2.87. The molecule has 1 aromatic carbocycles. The van der Waals surface area contributed by atoms with Crippen molar-refractivity contribution < 1.29 is 4.79 Å². The molecule has 0 aliphatic carbocycles. The molecule has 3 atom stereocenters. The van der Waals surface area contributed by atoms with Gasteiger partial charge in [0.05, 0.1) is 5.92 Å². The molecule has 2 bridgehead atoms. The number of para-hydroxylation sites is 1. The van der Waals surface area contributed by atoms with Crippen LogP contribution in [0, 0.1) is 5.92 Å². The number of benzene rings is 1. The summed E-state index contributed by atoms with van der Waals surface area (Å²) in [6.45, 7) is 0. The van der Waals surface area contributed by atoms with Crippen molar-refractivity contribution in [2.75, 3.05) is 5.32 Å². The van der Waals surface area contributed by atoms with Gasteiger partial charge >= 0.3 is 0 Å². The van der Waals surface area contributed by atoms with Crippen LogP contribution in [0.25, 0.3) is 0 Å². The number of rotatable bonds is 2. The van der Waals surface area contributed by atoms with Crippen molar-refractivity contribution in [3.63, 3.8) is 0 Å². The van der Waals surface area contributed by atoms with E-state index in [0.29, 0.717) is 12.1 Å². The summed E-state index contributed by atoms with van der Waals surface area (Å²) in [6, 6.07) is 10.7. The second kappa shape index (κ2) is 3.91. The van der Waals surface area contributed by atoms with Gasteiger partial charge in [-0.15, -0.1) is 0 Å². The molecule has 84 valence electrons. The highest BCUT2D eigenvalue weighted by Crippen LogP contribution is 2.33. The quantitative estimate of drug-likeness (QED) is 0.791. The molecular weight excluding hydrogens is 200 g/mol. The molecule has 1 amide bonds. The predicted molar refractivity (Wildman–Crippen MR) is 63.1 cm³/mol. The maximum atomic E-state index is 12.1. The van der Waals surface area contributed by atoms with E-state index in [-0.39, 0.29) is 11.8 Å². The van der Waals surface area contributed by atoms with Crippen molar-refractivity contribution in [2.24, 2.45) is 5.92 Å². The van der Waals surface area contributed by atoms with E-state index in [1.54, 1.807) is 0 Å². The van der Waals surface area contributed by atoms with Crippen LogP contribution in [-0.2, 0) is 4.79 Å². The SMILES string of the molecule is O=C(Nc1ccccc1)C1CC2CCC1N2. The smallest absolute Gasteiger partial charge is 0.229 e. The van der Waals surface area contributed by atoms with Gasteiger partial charge in [-0.05, 0) is 31.4 Å². The van der Waals surface area contributed by atoms with Gasteiger partial charge in [-0.25, -0.2) is 0 Å². The number of carbonyl (C=O) groups is 1. The van der Waals surface area contributed by atoms with Crippen LogP contribution in [0.4, 0.5) is 5.69 Å². The second-order valence-electron chi connectivity index (χ2n) is 4.74. The van der Waals surface area contributed by atoms with E-state index in [2.05, 4.69) is 10.6 Å². The van der Waals surface area contributed by atoms with Crippen molar-refractivity contribution >= 4 is 11.6 Å². The first kappa shape index (κ1) is 9.85. The minimum absolute atomic E-state index is 0.166. The van der Waals surface area contributed by atoms with Gasteiger partial charge in [0, 0.05) is 17.8 Å². The topological polar surface area (TPSA) is 41.1 Å². The average molecular weight is 216 g/mol. The van der Waals surface area contributed by atoms with Crippen LogP contribution >= 0.6 is 0 Å². The molecule has 0 radical (unpaired) electrons. The molecule has 2 heterocycles. The molecule has 0 aromatic heterocycles. The van der Waals surface area contributed by atoms with Gasteiger partial charge in [0.2, 0.25) is 5.91 Å². The molecule has 0 saturated carbocycles.